The Morgan fingerprint density at radius 2 is 1.81 bits per heavy atom. The molecule has 0 bridgehead atoms. The largest absolute Gasteiger partial charge is 0.481 e. The van der Waals surface area contributed by atoms with Gasteiger partial charge >= 0.3 is 5.97 Å². The summed E-state index contributed by atoms with van der Waals surface area (Å²) < 4.78 is 0. The highest BCUT2D eigenvalue weighted by molar-refractivity contribution is 5.70. The predicted molar refractivity (Wildman–Crippen MR) is 61.4 cm³/mol. The molecule has 16 heavy (non-hydrogen) atoms. The highest BCUT2D eigenvalue weighted by Crippen LogP contribution is 2.13. The van der Waals surface area contributed by atoms with Crippen molar-refractivity contribution < 1.29 is 15.0 Å². The lowest BCUT2D eigenvalue weighted by Gasteiger charge is -2.39. The van der Waals surface area contributed by atoms with Crippen LogP contribution in [-0.4, -0.2) is 71.4 Å². The van der Waals surface area contributed by atoms with Crippen molar-refractivity contribution in [2.24, 2.45) is 5.92 Å². The molecule has 0 radical (unpaired) electrons. The smallest absolute Gasteiger partial charge is 0.307 e. The van der Waals surface area contributed by atoms with Gasteiger partial charge in [-0.05, 0) is 6.92 Å². The zero-order valence-corrected chi connectivity index (χ0v) is 10.1. The maximum atomic E-state index is 10.9. The summed E-state index contributed by atoms with van der Waals surface area (Å²) in [5.74, 6) is -1.06. The van der Waals surface area contributed by atoms with Crippen LogP contribution in [0.3, 0.4) is 0 Å². The first-order valence-corrected chi connectivity index (χ1v) is 5.86. The van der Waals surface area contributed by atoms with E-state index in [1.807, 2.05) is 6.92 Å². The summed E-state index contributed by atoms with van der Waals surface area (Å²) in [6, 6.07) is 0.0776. The Balaban J connectivity index is 2.38. The fraction of sp³-hybridized carbons (Fsp3) is 0.909. The molecule has 1 saturated heterocycles. The quantitative estimate of drug-likeness (QED) is 0.679. The van der Waals surface area contributed by atoms with Gasteiger partial charge in [0, 0.05) is 38.8 Å². The number of carbonyl (C=O) groups is 1. The van der Waals surface area contributed by atoms with E-state index in [4.69, 9.17) is 10.2 Å². The molecule has 0 amide bonds. The average molecular weight is 230 g/mol. The molecular formula is C11H22N2O3. The lowest BCUT2D eigenvalue weighted by Crippen LogP contribution is -2.52. The first kappa shape index (κ1) is 13.4. The van der Waals surface area contributed by atoms with Gasteiger partial charge in [0.25, 0.3) is 0 Å². The second-order valence-corrected chi connectivity index (χ2v) is 4.47. The molecule has 1 rings (SSSR count). The van der Waals surface area contributed by atoms with Crippen molar-refractivity contribution in [3.8, 4) is 0 Å². The fourth-order valence-electron chi connectivity index (χ4n) is 2.06. The maximum absolute atomic E-state index is 10.9. The molecule has 0 aromatic heterocycles. The number of aliphatic hydroxyl groups excluding tert-OH is 1. The number of aliphatic hydroxyl groups is 1. The van der Waals surface area contributed by atoms with E-state index in [0.717, 1.165) is 32.7 Å². The van der Waals surface area contributed by atoms with Crippen LogP contribution in [0.15, 0.2) is 0 Å². The number of nitrogens with zero attached hydrogens (tertiary/aromatic N) is 2. The molecule has 0 saturated carbocycles. The fourth-order valence-corrected chi connectivity index (χ4v) is 2.06. The third-order valence-corrected chi connectivity index (χ3v) is 3.51. The molecule has 94 valence electrons. The Labute approximate surface area is 96.7 Å². The molecule has 1 aliphatic heterocycles. The lowest BCUT2D eigenvalue weighted by molar-refractivity contribution is -0.143. The van der Waals surface area contributed by atoms with Crippen LogP contribution in [0.2, 0.25) is 0 Å². The zero-order chi connectivity index (χ0) is 12.1. The summed E-state index contributed by atoms with van der Waals surface area (Å²) >= 11 is 0. The summed E-state index contributed by atoms with van der Waals surface area (Å²) in [6.07, 6.45) is 0. The highest BCUT2D eigenvalue weighted by atomic mass is 16.4. The standard InChI is InChI=1S/C11H22N2O3/c1-9(11(15)16)10(2)13-5-3-12(4-6-13)7-8-14/h9-10,14H,3-8H2,1-2H3,(H,15,16). The van der Waals surface area contributed by atoms with Gasteiger partial charge in [0.15, 0.2) is 0 Å². The van der Waals surface area contributed by atoms with E-state index in [2.05, 4.69) is 9.80 Å². The first-order valence-electron chi connectivity index (χ1n) is 5.86. The van der Waals surface area contributed by atoms with Crippen LogP contribution < -0.4 is 0 Å². The Morgan fingerprint density at radius 3 is 2.25 bits per heavy atom. The number of carboxylic acids is 1. The van der Waals surface area contributed by atoms with Gasteiger partial charge in [-0.3, -0.25) is 14.6 Å². The van der Waals surface area contributed by atoms with Crippen molar-refractivity contribution in [2.45, 2.75) is 19.9 Å². The van der Waals surface area contributed by atoms with E-state index in [-0.39, 0.29) is 18.6 Å². The summed E-state index contributed by atoms with van der Waals surface area (Å²) in [5, 5.41) is 17.8. The van der Waals surface area contributed by atoms with E-state index >= 15 is 0 Å². The average Bonchev–Trinajstić information content (AvgIpc) is 2.28. The normalized spacial score (nSPS) is 22.9. The number of rotatable bonds is 5. The Bertz CT molecular complexity index is 227. The van der Waals surface area contributed by atoms with Gasteiger partial charge in [-0.2, -0.15) is 0 Å². The van der Waals surface area contributed by atoms with Crippen molar-refractivity contribution in [1.82, 2.24) is 9.80 Å². The lowest BCUT2D eigenvalue weighted by atomic mass is 10.0. The van der Waals surface area contributed by atoms with Gasteiger partial charge in [0.1, 0.15) is 0 Å². The topological polar surface area (TPSA) is 64.0 Å². The summed E-state index contributed by atoms with van der Waals surface area (Å²) in [5.41, 5.74) is 0. The van der Waals surface area contributed by atoms with Crippen LogP contribution in [0.1, 0.15) is 13.8 Å². The van der Waals surface area contributed by atoms with Gasteiger partial charge in [-0.25, -0.2) is 0 Å². The van der Waals surface area contributed by atoms with Crippen molar-refractivity contribution in [3.63, 3.8) is 0 Å². The number of piperazine rings is 1. The third kappa shape index (κ3) is 3.43. The van der Waals surface area contributed by atoms with Gasteiger partial charge in [0.2, 0.25) is 0 Å². The molecule has 0 aromatic rings. The molecule has 2 N–H and O–H groups in total. The SMILES string of the molecule is CC(C(=O)O)C(C)N1CCN(CCO)CC1. The Morgan fingerprint density at radius 1 is 1.25 bits per heavy atom. The van der Waals surface area contributed by atoms with Gasteiger partial charge in [0.05, 0.1) is 12.5 Å². The summed E-state index contributed by atoms with van der Waals surface area (Å²) in [7, 11) is 0. The summed E-state index contributed by atoms with van der Waals surface area (Å²) in [4.78, 5) is 15.3. The molecule has 0 aliphatic carbocycles. The van der Waals surface area contributed by atoms with E-state index < -0.39 is 5.97 Å². The first-order chi connectivity index (χ1) is 7.56. The van der Waals surface area contributed by atoms with Crippen LogP contribution in [0.4, 0.5) is 0 Å². The van der Waals surface area contributed by atoms with Gasteiger partial charge in [-0.15, -0.1) is 0 Å². The minimum absolute atomic E-state index is 0.0776. The van der Waals surface area contributed by atoms with Gasteiger partial charge in [-0.1, -0.05) is 6.92 Å². The molecule has 1 fully saturated rings. The Kier molecular flexibility index (Phi) is 5.18. The van der Waals surface area contributed by atoms with Crippen LogP contribution in [0.25, 0.3) is 0 Å². The molecule has 2 atom stereocenters. The molecule has 1 heterocycles. The molecule has 1 aliphatic rings. The van der Waals surface area contributed by atoms with Crippen LogP contribution in [0, 0.1) is 5.92 Å². The second kappa shape index (κ2) is 6.18. The number of β-amino-alcohol motifs (C(OH)–C–C–N with tert-alkyl or cyclic N) is 1. The second-order valence-electron chi connectivity index (χ2n) is 4.47. The minimum Gasteiger partial charge on any atom is -0.481 e. The number of carboxylic acid groups (broad SMARTS) is 1. The van der Waals surface area contributed by atoms with Crippen molar-refractivity contribution >= 4 is 5.97 Å². The van der Waals surface area contributed by atoms with Crippen molar-refractivity contribution in [2.75, 3.05) is 39.3 Å². The summed E-state index contributed by atoms with van der Waals surface area (Å²) in [6.45, 7) is 8.25. The van der Waals surface area contributed by atoms with E-state index in [1.165, 1.54) is 0 Å². The molecule has 2 unspecified atom stereocenters. The maximum Gasteiger partial charge on any atom is 0.307 e. The third-order valence-electron chi connectivity index (χ3n) is 3.51. The monoisotopic (exact) mass is 230 g/mol. The molecule has 0 aromatic carbocycles. The van der Waals surface area contributed by atoms with E-state index in [1.54, 1.807) is 6.92 Å². The molecular weight excluding hydrogens is 208 g/mol. The molecule has 5 nitrogen and oxygen atoms in total. The Hall–Kier alpha value is -0.650. The van der Waals surface area contributed by atoms with E-state index in [0.29, 0.717) is 0 Å². The van der Waals surface area contributed by atoms with Crippen molar-refractivity contribution in [3.05, 3.63) is 0 Å². The van der Waals surface area contributed by atoms with Crippen LogP contribution >= 0.6 is 0 Å². The number of hydrogen-bond acceptors (Lipinski definition) is 4. The predicted octanol–water partition coefficient (Wildman–Crippen LogP) is -0.294. The highest BCUT2D eigenvalue weighted by Gasteiger charge is 2.27. The van der Waals surface area contributed by atoms with Crippen LogP contribution in [-0.2, 0) is 4.79 Å². The molecule has 0 spiro atoms. The van der Waals surface area contributed by atoms with Crippen molar-refractivity contribution in [1.29, 1.82) is 0 Å². The van der Waals surface area contributed by atoms with Gasteiger partial charge < -0.3 is 10.2 Å². The minimum atomic E-state index is -0.731. The number of hydrogen-bond donors (Lipinski definition) is 2. The van der Waals surface area contributed by atoms with E-state index in [9.17, 15) is 4.79 Å². The molecule has 5 heteroatoms. The zero-order valence-electron chi connectivity index (χ0n) is 10.1. The number of aliphatic carboxylic acids is 1. The van der Waals surface area contributed by atoms with Crippen LogP contribution in [0.5, 0.6) is 0 Å².